The van der Waals surface area contributed by atoms with Crippen molar-refractivity contribution in [3.05, 3.63) is 29.8 Å². The summed E-state index contributed by atoms with van der Waals surface area (Å²) in [7, 11) is 1.40. The predicted molar refractivity (Wildman–Crippen MR) is 47.6 cm³/mol. The van der Waals surface area contributed by atoms with Gasteiger partial charge in [0.25, 0.3) is 0 Å². The average molecular weight is 176 g/mol. The number of para-hydroxylation sites is 1. The quantitative estimate of drug-likeness (QED) is 0.707. The van der Waals surface area contributed by atoms with Crippen LogP contribution in [0.2, 0.25) is 0 Å². The summed E-state index contributed by atoms with van der Waals surface area (Å²) in [6.45, 7) is 0. The molecule has 13 heavy (non-hydrogen) atoms. The van der Waals surface area contributed by atoms with Crippen LogP contribution in [0.3, 0.4) is 0 Å². The molecule has 0 radical (unpaired) electrons. The van der Waals surface area contributed by atoms with Crippen LogP contribution in [-0.4, -0.2) is 18.2 Å². The van der Waals surface area contributed by atoms with Crippen molar-refractivity contribution < 1.29 is 9.90 Å². The van der Waals surface area contributed by atoms with Crippen LogP contribution in [0.1, 0.15) is 5.56 Å². The van der Waals surface area contributed by atoms with E-state index >= 15 is 0 Å². The number of nitriles is 1. The summed E-state index contributed by atoms with van der Waals surface area (Å²) in [5.74, 6) is 0. The van der Waals surface area contributed by atoms with E-state index in [1.807, 2.05) is 6.07 Å². The molecule has 0 bridgehead atoms. The Bertz CT molecular complexity index is 368. The maximum Gasteiger partial charge on any atom is 0.411 e. The van der Waals surface area contributed by atoms with E-state index in [9.17, 15) is 4.79 Å². The van der Waals surface area contributed by atoms with E-state index in [-0.39, 0.29) is 0 Å². The van der Waals surface area contributed by atoms with Gasteiger partial charge in [-0.3, -0.25) is 4.90 Å². The molecule has 1 N–H and O–H groups in total. The monoisotopic (exact) mass is 176 g/mol. The number of hydrogen-bond donors (Lipinski definition) is 1. The van der Waals surface area contributed by atoms with Crippen LogP contribution in [0.5, 0.6) is 0 Å². The smallest absolute Gasteiger partial charge is 0.411 e. The molecule has 4 nitrogen and oxygen atoms in total. The lowest BCUT2D eigenvalue weighted by Gasteiger charge is -2.13. The van der Waals surface area contributed by atoms with E-state index in [4.69, 9.17) is 10.4 Å². The number of nitrogens with zero attached hydrogens (tertiary/aromatic N) is 2. The average Bonchev–Trinajstić information content (AvgIpc) is 2.16. The lowest BCUT2D eigenvalue weighted by atomic mass is 10.2. The van der Waals surface area contributed by atoms with Crippen molar-refractivity contribution in [2.45, 2.75) is 0 Å². The predicted octanol–water partition coefficient (Wildman–Crippen LogP) is 1.67. The number of hydrogen-bond acceptors (Lipinski definition) is 2. The molecule has 0 aliphatic carbocycles. The topological polar surface area (TPSA) is 64.3 Å². The third kappa shape index (κ3) is 1.76. The zero-order valence-corrected chi connectivity index (χ0v) is 7.06. The number of amides is 1. The Labute approximate surface area is 75.6 Å². The molecule has 0 aliphatic rings. The molecule has 1 aromatic carbocycles. The van der Waals surface area contributed by atoms with E-state index in [1.54, 1.807) is 24.3 Å². The first-order chi connectivity index (χ1) is 6.16. The lowest BCUT2D eigenvalue weighted by molar-refractivity contribution is 0.203. The maximum atomic E-state index is 10.6. The van der Waals surface area contributed by atoms with Gasteiger partial charge in [-0.2, -0.15) is 5.26 Å². The number of rotatable bonds is 1. The second kappa shape index (κ2) is 3.59. The lowest BCUT2D eigenvalue weighted by Crippen LogP contribution is -2.24. The van der Waals surface area contributed by atoms with Crippen LogP contribution in [-0.2, 0) is 0 Å². The van der Waals surface area contributed by atoms with Crippen LogP contribution < -0.4 is 4.90 Å². The molecule has 0 aromatic heterocycles. The van der Waals surface area contributed by atoms with E-state index in [1.165, 1.54) is 7.05 Å². The second-order valence-electron chi connectivity index (χ2n) is 2.47. The van der Waals surface area contributed by atoms with Crippen LogP contribution in [0, 0.1) is 11.3 Å². The third-order valence-electron chi connectivity index (χ3n) is 1.67. The molecular weight excluding hydrogens is 168 g/mol. The highest BCUT2D eigenvalue weighted by atomic mass is 16.4. The fourth-order valence-corrected chi connectivity index (χ4v) is 0.964. The number of carbonyl (C=O) groups is 1. The highest BCUT2D eigenvalue weighted by Gasteiger charge is 2.11. The van der Waals surface area contributed by atoms with Crippen LogP contribution in [0.25, 0.3) is 0 Å². The van der Waals surface area contributed by atoms with Crippen LogP contribution in [0.4, 0.5) is 10.5 Å². The summed E-state index contributed by atoms with van der Waals surface area (Å²) in [5.41, 5.74) is 0.755. The van der Waals surface area contributed by atoms with E-state index in [0.717, 1.165) is 4.90 Å². The van der Waals surface area contributed by atoms with E-state index in [2.05, 4.69) is 0 Å². The van der Waals surface area contributed by atoms with Gasteiger partial charge in [0.1, 0.15) is 6.07 Å². The van der Waals surface area contributed by atoms with E-state index in [0.29, 0.717) is 11.3 Å². The summed E-state index contributed by atoms with van der Waals surface area (Å²) in [5, 5.41) is 17.4. The molecule has 0 aliphatic heterocycles. The summed E-state index contributed by atoms with van der Waals surface area (Å²) < 4.78 is 0. The van der Waals surface area contributed by atoms with Crippen molar-refractivity contribution in [2.24, 2.45) is 0 Å². The standard InChI is InChI=1S/C9H8N2O2/c1-11(9(12)13)8-5-3-2-4-7(8)6-10/h2-5H,1H3,(H,12,13). The van der Waals surface area contributed by atoms with E-state index < -0.39 is 6.09 Å². The molecule has 4 heteroatoms. The molecule has 0 saturated carbocycles. The van der Waals surface area contributed by atoms with Crippen molar-refractivity contribution in [2.75, 3.05) is 11.9 Å². The molecule has 0 fully saturated rings. The molecule has 1 rings (SSSR count). The summed E-state index contributed by atoms with van der Waals surface area (Å²) >= 11 is 0. The fourth-order valence-electron chi connectivity index (χ4n) is 0.964. The molecule has 1 amide bonds. The molecule has 0 unspecified atom stereocenters. The minimum atomic E-state index is -1.08. The zero-order chi connectivity index (χ0) is 9.84. The summed E-state index contributed by atoms with van der Waals surface area (Å²) in [6, 6.07) is 8.48. The Morgan fingerprint density at radius 2 is 2.15 bits per heavy atom. The molecular formula is C9H8N2O2. The zero-order valence-electron chi connectivity index (χ0n) is 7.06. The summed E-state index contributed by atoms with van der Waals surface area (Å²) in [6.07, 6.45) is -1.08. The highest BCUT2D eigenvalue weighted by Crippen LogP contribution is 2.17. The molecule has 0 atom stereocenters. The Morgan fingerprint density at radius 1 is 1.54 bits per heavy atom. The Morgan fingerprint density at radius 3 is 2.69 bits per heavy atom. The SMILES string of the molecule is CN(C(=O)O)c1ccccc1C#N. The second-order valence-corrected chi connectivity index (χ2v) is 2.47. The van der Waals surface area contributed by atoms with Gasteiger partial charge in [0.15, 0.2) is 0 Å². The van der Waals surface area contributed by atoms with Crippen molar-refractivity contribution >= 4 is 11.8 Å². The summed E-state index contributed by atoms with van der Waals surface area (Å²) in [4.78, 5) is 11.6. The molecule has 0 heterocycles. The normalized spacial score (nSPS) is 8.92. The van der Waals surface area contributed by atoms with Gasteiger partial charge >= 0.3 is 6.09 Å². The van der Waals surface area contributed by atoms with Gasteiger partial charge in [0.05, 0.1) is 11.3 Å². The first kappa shape index (κ1) is 9.07. The first-order valence-electron chi connectivity index (χ1n) is 3.62. The molecule has 0 saturated heterocycles. The van der Waals surface area contributed by atoms with Crippen molar-refractivity contribution in [1.29, 1.82) is 5.26 Å². The van der Waals surface area contributed by atoms with Gasteiger partial charge in [-0.25, -0.2) is 4.79 Å². The van der Waals surface area contributed by atoms with Gasteiger partial charge in [-0.05, 0) is 12.1 Å². The van der Waals surface area contributed by atoms with Gasteiger partial charge in [-0.15, -0.1) is 0 Å². The van der Waals surface area contributed by atoms with Crippen molar-refractivity contribution in [1.82, 2.24) is 0 Å². The Hall–Kier alpha value is -2.02. The Kier molecular flexibility index (Phi) is 2.50. The molecule has 66 valence electrons. The van der Waals surface area contributed by atoms with Gasteiger partial charge in [-0.1, -0.05) is 12.1 Å². The maximum absolute atomic E-state index is 10.6. The van der Waals surface area contributed by atoms with Crippen LogP contribution >= 0.6 is 0 Å². The molecule has 0 spiro atoms. The van der Waals surface area contributed by atoms with Crippen molar-refractivity contribution in [3.8, 4) is 6.07 Å². The van der Waals surface area contributed by atoms with Gasteiger partial charge < -0.3 is 5.11 Å². The molecule has 1 aromatic rings. The van der Waals surface area contributed by atoms with Crippen LogP contribution in [0.15, 0.2) is 24.3 Å². The number of anilines is 1. The largest absolute Gasteiger partial charge is 0.465 e. The van der Waals surface area contributed by atoms with Gasteiger partial charge in [0, 0.05) is 7.05 Å². The van der Waals surface area contributed by atoms with Crippen molar-refractivity contribution in [3.63, 3.8) is 0 Å². The number of carboxylic acid groups (broad SMARTS) is 1. The Balaban J connectivity index is 3.15. The number of benzene rings is 1. The van der Waals surface area contributed by atoms with Gasteiger partial charge in [0.2, 0.25) is 0 Å². The first-order valence-corrected chi connectivity index (χ1v) is 3.62. The highest BCUT2D eigenvalue weighted by molar-refractivity contribution is 5.87. The third-order valence-corrected chi connectivity index (χ3v) is 1.67. The minimum absolute atomic E-state index is 0.354. The minimum Gasteiger partial charge on any atom is -0.465 e. The fraction of sp³-hybridized carbons (Fsp3) is 0.111.